The molecule has 6 nitrogen and oxygen atoms in total. The minimum absolute atomic E-state index is 0.197. The number of carbonyl (C=O) groups excluding carboxylic acids is 2. The Labute approximate surface area is 111 Å². The molecular formula is C13H16N2O4. The second kappa shape index (κ2) is 5.60. The van der Waals surface area contributed by atoms with Crippen molar-refractivity contribution in [2.45, 2.75) is 6.04 Å². The van der Waals surface area contributed by atoms with E-state index >= 15 is 0 Å². The molecule has 1 saturated heterocycles. The van der Waals surface area contributed by atoms with Crippen molar-refractivity contribution < 1.29 is 19.1 Å². The third-order valence-electron chi connectivity index (χ3n) is 3.00. The van der Waals surface area contributed by atoms with Crippen molar-refractivity contribution in [3.05, 3.63) is 24.3 Å². The minimum atomic E-state index is -0.631. The average molecular weight is 264 g/mol. The summed E-state index contributed by atoms with van der Waals surface area (Å²) in [5.41, 5.74) is 0.865. The van der Waals surface area contributed by atoms with Crippen LogP contribution in [0.25, 0.3) is 0 Å². The summed E-state index contributed by atoms with van der Waals surface area (Å²) in [5.74, 6) is 0.110. The topological polar surface area (TPSA) is 67.9 Å². The molecule has 1 aliphatic heterocycles. The molecule has 102 valence electrons. The normalized spacial score (nSPS) is 18.7. The molecule has 19 heavy (non-hydrogen) atoms. The van der Waals surface area contributed by atoms with E-state index in [0.717, 1.165) is 11.4 Å². The van der Waals surface area contributed by atoms with Crippen LogP contribution in [0.15, 0.2) is 24.3 Å². The lowest BCUT2D eigenvalue weighted by molar-refractivity contribution is -0.145. The zero-order chi connectivity index (χ0) is 13.8. The fourth-order valence-corrected chi connectivity index (χ4v) is 2.01. The predicted molar refractivity (Wildman–Crippen MR) is 69.2 cm³/mol. The van der Waals surface area contributed by atoms with Crippen molar-refractivity contribution in [3.63, 3.8) is 0 Å². The van der Waals surface area contributed by atoms with Crippen LogP contribution in [-0.4, -0.2) is 45.2 Å². The summed E-state index contributed by atoms with van der Waals surface area (Å²) in [6.07, 6.45) is 0. The van der Waals surface area contributed by atoms with Gasteiger partial charge in [-0.2, -0.15) is 0 Å². The Morgan fingerprint density at radius 2 is 2.00 bits per heavy atom. The van der Waals surface area contributed by atoms with Gasteiger partial charge in [0.1, 0.15) is 11.8 Å². The molecule has 1 amide bonds. The lowest BCUT2D eigenvalue weighted by Crippen LogP contribution is -2.57. The van der Waals surface area contributed by atoms with Crippen molar-refractivity contribution in [3.8, 4) is 5.75 Å². The maximum Gasteiger partial charge on any atom is 0.330 e. The molecule has 1 aliphatic rings. The molecule has 0 saturated carbocycles. The second-order valence-corrected chi connectivity index (χ2v) is 4.22. The molecule has 1 fully saturated rings. The quantitative estimate of drug-likeness (QED) is 0.788. The Bertz CT molecular complexity index is 472. The fraction of sp³-hybridized carbons (Fsp3) is 0.385. The second-order valence-electron chi connectivity index (χ2n) is 4.22. The molecule has 1 atom stereocenters. The highest BCUT2D eigenvalue weighted by molar-refractivity contribution is 5.89. The van der Waals surface area contributed by atoms with Gasteiger partial charge in [0, 0.05) is 12.2 Å². The number of rotatable bonds is 3. The highest BCUT2D eigenvalue weighted by Gasteiger charge is 2.30. The van der Waals surface area contributed by atoms with E-state index in [9.17, 15) is 9.59 Å². The maximum absolute atomic E-state index is 11.6. The number of anilines is 1. The molecule has 2 rings (SSSR count). The number of carbonyl (C=O) groups is 2. The first kappa shape index (κ1) is 13.2. The van der Waals surface area contributed by atoms with E-state index < -0.39 is 12.0 Å². The number of benzene rings is 1. The summed E-state index contributed by atoms with van der Waals surface area (Å²) in [6.45, 7) is 0.616. The van der Waals surface area contributed by atoms with E-state index in [1.165, 1.54) is 7.11 Å². The van der Waals surface area contributed by atoms with E-state index in [-0.39, 0.29) is 12.5 Å². The van der Waals surface area contributed by atoms with Gasteiger partial charge in [0.05, 0.1) is 20.8 Å². The molecule has 1 N–H and O–H groups in total. The lowest BCUT2D eigenvalue weighted by atomic mass is 10.1. The number of hydrogen-bond acceptors (Lipinski definition) is 5. The Hall–Kier alpha value is -2.24. The number of methoxy groups -OCH3 is 2. The Morgan fingerprint density at radius 3 is 2.58 bits per heavy atom. The standard InChI is InChI=1S/C13H16N2O4/c1-18-10-5-3-9(4-6-10)15-7-11(13(17)19-2)14-12(16)8-15/h3-6,11H,7-8H2,1-2H3,(H,14,16). The molecule has 1 heterocycles. The summed E-state index contributed by atoms with van der Waals surface area (Å²) in [7, 11) is 2.90. The number of hydrogen-bond donors (Lipinski definition) is 1. The molecule has 0 aromatic heterocycles. The van der Waals surface area contributed by atoms with Crippen LogP contribution in [0.1, 0.15) is 0 Å². The summed E-state index contributed by atoms with van der Waals surface area (Å²) in [5, 5.41) is 2.61. The van der Waals surface area contributed by atoms with Gasteiger partial charge >= 0.3 is 5.97 Å². The number of piperazine rings is 1. The van der Waals surface area contributed by atoms with Crippen LogP contribution in [-0.2, 0) is 14.3 Å². The van der Waals surface area contributed by atoms with Gasteiger partial charge in [-0.1, -0.05) is 0 Å². The highest BCUT2D eigenvalue weighted by Crippen LogP contribution is 2.20. The Balaban J connectivity index is 2.14. The third kappa shape index (κ3) is 2.96. The first-order chi connectivity index (χ1) is 9.13. The molecule has 0 spiro atoms. The summed E-state index contributed by atoms with van der Waals surface area (Å²) >= 11 is 0. The molecule has 6 heteroatoms. The largest absolute Gasteiger partial charge is 0.497 e. The predicted octanol–water partition coefficient (Wildman–Crippen LogP) is 0.173. The van der Waals surface area contributed by atoms with Gasteiger partial charge < -0.3 is 19.7 Å². The van der Waals surface area contributed by atoms with E-state index in [0.29, 0.717) is 6.54 Å². The van der Waals surface area contributed by atoms with Gasteiger partial charge in [-0.25, -0.2) is 4.79 Å². The summed E-state index contributed by atoms with van der Waals surface area (Å²) in [4.78, 5) is 25.0. The number of nitrogens with zero attached hydrogens (tertiary/aromatic N) is 1. The molecule has 1 unspecified atom stereocenters. The van der Waals surface area contributed by atoms with Crippen LogP contribution in [0, 0.1) is 0 Å². The third-order valence-corrected chi connectivity index (χ3v) is 3.00. The van der Waals surface area contributed by atoms with Gasteiger partial charge in [0.2, 0.25) is 5.91 Å². The maximum atomic E-state index is 11.6. The summed E-state index contributed by atoms with van der Waals surface area (Å²) < 4.78 is 9.74. The van der Waals surface area contributed by atoms with E-state index in [1.54, 1.807) is 7.11 Å². The van der Waals surface area contributed by atoms with Crippen LogP contribution < -0.4 is 15.0 Å². The monoisotopic (exact) mass is 264 g/mol. The zero-order valence-electron chi connectivity index (χ0n) is 10.9. The van der Waals surface area contributed by atoms with Crippen LogP contribution >= 0.6 is 0 Å². The molecule has 0 aliphatic carbocycles. The van der Waals surface area contributed by atoms with Crippen LogP contribution in [0.3, 0.4) is 0 Å². The Morgan fingerprint density at radius 1 is 1.32 bits per heavy atom. The van der Waals surface area contributed by atoms with Crippen LogP contribution in [0.2, 0.25) is 0 Å². The van der Waals surface area contributed by atoms with Gasteiger partial charge in [0.15, 0.2) is 0 Å². The molecule has 0 bridgehead atoms. The highest BCUT2D eigenvalue weighted by atomic mass is 16.5. The smallest absolute Gasteiger partial charge is 0.330 e. The van der Waals surface area contributed by atoms with E-state index in [4.69, 9.17) is 4.74 Å². The average Bonchev–Trinajstić information content (AvgIpc) is 2.45. The lowest BCUT2D eigenvalue weighted by Gasteiger charge is -2.33. The fourth-order valence-electron chi connectivity index (χ4n) is 2.01. The van der Waals surface area contributed by atoms with Gasteiger partial charge in [0.25, 0.3) is 0 Å². The van der Waals surface area contributed by atoms with Crippen molar-refractivity contribution in [2.75, 3.05) is 32.2 Å². The molecule has 0 radical (unpaired) electrons. The first-order valence-electron chi connectivity index (χ1n) is 5.90. The molecule has 1 aromatic carbocycles. The van der Waals surface area contributed by atoms with Gasteiger partial charge in [-0.3, -0.25) is 4.79 Å². The number of nitrogens with one attached hydrogen (secondary N) is 1. The van der Waals surface area contributed by atoms with Crippen molar-refractivity contribution >= 4 is 17.6 Å². The number of esters is 1. The van der Waals surface area contributed by atoms with E-state index in [2.05, 4.69) is 10.1 Å². The minimum Gasteiger partial charge on any atom is -0.497 e. The summed E-state index contributed by atoms with van der Waals surface area (Å²) in [6, 6.07) is 6.70. The van der Waals surface area contributed by atoms with Gasteiger partial charge in [-0.05, 0) is 24.3 Å². The Kier molecular flexibility index (Phi) is 3.89. The zero-order valence-corrected chi connectivity index (χ0v) is 10.9. The first-order valence-corrected chi connectivity index (χ1v) is 5.90. The molecule has 1 aromatic rings. The van der Waals surface area contributed by atoms with Crippen LogP contribution in [0.4, 0.5) is 5.69 Å². The van der Waals surface area contributed by atoms with Crippen molar-refractivity contribution in [2.24, 2.45) is 0 Å². The van der Waals surface area contributed by atoms with Gasteiger partial charge in [-0.15, -0.1) is 0 Å². The van der Waals surface area contributed by atoms with Crippen molar-refractivity contribution in [1.29, 1.82) is 0 Å². The SMILES string of the molecule is COC(=O)C1CN(c2ccc(OC)cc2)CC(=O)N1. The van der Waals surface area contributed by atoms with Crippen molar-refractivity contribution in [1.82, 2.24) is 5.32 Å². The number of ether oxygens (including phenoxy) is 2. The van der Waals surface area contributed by atoms with E-state index in [1.807, 2.05) is 29.2 Å². The number of amides is 1. The molecular weight excluding hydrogens is 248 g/mol. The van der Waals surface area contributed by atoms with Crippen LogP contribution in [0.5, 0.6) is 5.75 Å².